The summed E-state index contributed by atoms with van der Waals surface area (Å²) in [6.45, 7) is 7.85. The number of nitrogens with two attached hydrogens (primary N) is 1. The second-order valence-electron chi connectivity index (χ2n) is 13.3. The standard InChI is InChI=1S/C34H41N11O2S/c1-4-7-27-28(23(14-35)31(36)48-27)21-9-5-10-22-29(42-47-30(21)22)32-39-33(44-12-13-46-18-26-24(19(44)2)15-37-41-26)25-16-38-45(34(25)40-32)17-20-8-6-11-43(20)3/h15-16,19-21H,4-13,17-18,36H2,1-3H3,(H,37,41). The Hall–Kier alpha value is -4.32. The Bertz CT molecular complexity index is 2000. The number of likely N-dealkylation sites (N-methyl/N-ethyl adjacent to an activating group) is 1. The van der Waals surface area contributed by atoms with Crippen molar-refractivity contribution in [3.8, 4) is 17.6 Å². The summed E-state index contributed by atoms with van der Waals surface area (Å²) in [4.78, 5) is 16.3. The minimum atomic E-state index is -0.0857. The number of nitrogens with one attached hydrogen (secondary N) is 1. The molecule has 13 nitrogen and oxygen atoms in total. The summed E-state index contributed by atoms with van der Waals surface area (Å²) in [7, 11) is 2.18. The molecule has 0 radical (unpaired) electrons. The highest BCUT2D eigenvalue weighted by Gasteiger charge is 2.36. The van der Waals surface area contributed by atoms with Gasteiger partial charge >= 0.3 is 0 Å². The molecular weight excluding hydrogens is 627 g/mol. The highest BCUT2D eigenvalue weighted by molar-refractivity contribution is 7.16. The third-order valence-electron chi connectivity index (χ3n) is 10.4. The quantitative estimate of drug-likeness (QED) is 0.230. The molecule has 7 heterocycles. The van der Waals surface area contributed by atoms with E-state index in [2.05, 4.69) is 52.1 Å². The number of thiophene rings is 1. The van der Waals surface area contributed by atoms with E-state index in [1.807, 2.05) is 17.1 Å². The van der Waals surface area contributed by atoms with E-state index in [0.717, 1.165) is 101 Å². The van der Waals surface area contributed by atoms with E-state index in [0.29, 0.717) is 47.9 Å². The third-order valence-corrected chi connectivity index (χ3v) is 11.5. The van der Waals surface area contributed by atoms with E-state index < -0.39 is 0 Å². The summed E-state index contributed by atoms with van der Waals surface area (Å²) in [6, 6.07) is 2.77. The maximum Gasteiger partial charge on any atom is 0.186 e. The maximum atomic E-state index is 10.1. The highest BCUT2D eigenvalue weighted by atomic mass is 32.1. The molecule has 0 aromatic carbocycles. The number of hydrogen-bond acceptors (Lipinski definition) is 12. The number of likely N-dealkylation sites (tertiary alicyclic amines) is 1. The Morgan fingerprint density at radius 3 is 2.90 bits per heavy atom. The number of aromatic nitrogens is 7. The number of ether oxygens (including phenoxy) is 1. The molecular formula is C34H41N11O2S. The number of aromatic amines is 1. The molecule has 3 atom stereocenters. The number of nitriles is 1. The van der Waals surface area contributed by atoms with Crippen LogP contribution in [0.25, 0.3) is 22.6 Å². The molecule has 3 unspecified atom stereocenters. The monoisotopic (exact) mass is 667 g/mol. The molecule has 8 rings (SSSR count). The van der Waals surface area contributed by atoms with Gasteiger partial charge in [0, 0.05) is 34.5 Å². The summed E-state index contributed by atoms with van der Waals surface area (Å²) in [5.74, 6) is 2.02. The first-order valence-corrected chi connectivity index (χ1v) is 17.9. The lowest BCUT2D eigenvalue weighted by atomic mass is 9.81. The van der Waals surface area contributed by atoms with Crippen LogP contribution in [0, 0.1) is 11.3 Å². The molecule has 2 aliphatic heterocycles. The number of anilines is 2. The smallest absolute Gasteiger partial charge is 0.186 e. The first-order valence-electron chi connectivity index (χ1n) is 17.1. The summed E-state index contributed by atoms with van der Waals surface area (Å²) < 4.78 is 14.3. The van der Waals surface area contributed by atoms with Crippen LogP contribution in [-0.2, 0) is 30.7 Å². The van der Waals surface area contributed by atoms with Gasteiger partial charge < -0.3 is 24.8 Å². The lowest BCUT2D eigenvalue weighted by Crippen LogP contribution is -2.33. The second-order valence-corrected chi connectivity index (χ2v) is 14.4. The molecule has 3 aliphatic rings. The number of aryl methyl sites for hydroxylation is 1. The maximum absolute atomic E-state index is 10.1. The van der Waals surface area contributed by atoms with Crippen molar-refractivity contribution in [2.45, 2.75) is 89.9 Å². The zero-order valence-corrected chi connectivity index (χ0v) is 28.5. The third kappa shape index (κ3) is 5.15. The summed E-state index contributed by atoms with van der Waals surface area (Å²) in [6.07, 6.45) is 10.5. The fourth-order valence-electron chi connectivity index (χ4n) is 7.90. The zero-order chi connectivity index (χ0) is 32.9. The predicted octanol–water partition coefficient (Wildman–Crippen LogP) is 5.33. The Morgan fingerprint density at radius 2 is 2.08 bits per heavy atom. The van der Waals surface area contributed by atoms with E-state index in [4.69, 9.17) is 30.1 Å². The van der Waals surface area contributed by atoms with Crippen LogP contribution in [0.2, 0.25) is 0 Å². The minimum Gasteiger partial charge on any atom is -0.389 e. The number of rotatable bonds is 7. The van der Waals surface area contributed by atoms with Crippen LogP contribution < -0.4 is 10.6 Å². The van der Waals surface area contributed by atoms with Gasteiger partial charge in [0.25, 0.3) is 0 Å². The SMILES string of the molecule is CCCc1sc(N)c(C#N)c1C1CCCc2c(-c3nc(N4CCOCc5[nH]ncc5C4C)c4cnn(CC5CCCN5C)c4n3)noc21. The van der Waals surface area contributed by atoms with Crippen molar-refractivity contribution in [1.82, 2.24) is 40.0 Å². The van der Waals surface area contributed by atoms with Gasteiger partial charge in [-0.15, -0.1) is 11.3 Å². The second kappa shape index (κ2) is 12.6. The molecule has 0 bridgehead atoms. The van der Waals surface area contributed by atoms with Gasteiger partial charge in [-0.25, -0.2) is 14.6 Å². The summed E-state index contributed by atoms with van der Waals surface area (Å²) in [5, 5.41) is 28.6. The molecule has 48 heavy (non-hydrogen) atoms. The van der Waals surface area contributed by atoms with Gasteiger partial charge in [-0.05, 0) is 64.6 Å². The Morgan fingerprint density at radius 1 is 1.19 bits per heavy atom. The van der Waals surface area contributed by atoms with Crippen molar-refractivity contribution in [1.29, 1.82) is 5.26 Å². The molecule has 0 saturated carbocycles. The van der Waals surface area contributed by atoms with Gasteiger partial charge in [0.1, 0.15) is 22.6 Å². The van der Waals surface area contributed by atoms with Crippen LogP contribution in [0.1, 0.15) is 96.5 Å². The van der Waals surface area contributed by atoms with E-state index in [1.54, 1.807) is 0 Å². The number of H-pyrrole nitrogens is 1. The molecule has 250 valence electrons. The first kappa shape index (κ1) is 31.0. The Balaban J connectivity index is 1.27. The molecule has 1 aliphatic carbocycles. The average molecular weight is 668 g/mol. The Labute approximate surface area is 283 Å². The molecule has 3 N–H and O–H groups in total. The summed E-state index contributed by atoms with van der Waals surface area (Å²) in [5.41, 5.74) is 12.5. The zero-order valence-electron chi connectivity index (χ0n) is 27.7. The predicted molar refractivity (Wildman–Crippen MR) is 183 cm³/mol. The van der Waals surface area contributed by atoms with Crippen LogP contribution in [-0.4, -0.2) is 72.8 Å². The van der Waals surface area contributed by atoms with E-state index in [1.165, 1.54) is 17.8 Å². The first-order chi connectivity index (χ1) is 23.5. The number of hydrogen-bond donors (Lipinski definition) is 2. The van der Waals surface area contributed by atoms with Crippen molar-refractivity contribution in [2.75, 3.05) is 37.4 Å². The van der Waals surface area contributed by atoms with Crippen molar-refractivity contribution in [3.05, 3.63) is 51.0 Å². The minimum absolute atomic E-state index is 0.0149. The van der Waals surface area contributed by atoms with Crippen LogP contribution in [0.3, 0.4) is 0 Å². The topological polar surface area (TPSA) is 164 Å². The van der Waals surface area contributed by atoms with Gasteiger partial charge in [0.2, 0.25) is 0 Å². The normalized spacial score (nSPS) is 21.6. The lowest BCUT2D eigenvalue weighted by molar-refractivity contribution is 0.118. The average Bonchev–Trinajstić information content (AvgIpc) is 3.92. The fraction of sp³-hybridized carbons (Fsp3) is 0.529. The van der Waals surface area contributed by atoms with Crippen molar-refractivity contribution < 1.29 is 9.26 Å². The molecule has 0 amide bonds. The molecule has 1 fully saturated rings. The van der Waals surface area contributed by atoms with E-state index in [9.17, 15) is 5.26 Å². The van der Waals surface area contributed by atoms with Gasteiger partial charge in [0.05, 0.1) is 54.8 Å². The van der Waals surface area contributed by atoms with Crippen molar-refractivity contribution >= 4 is 33.2 Å². The Kier molecular flexibility index (Phi) is 8.14. The van der Waals surface area contributed by atoms with Crippen molar-refractivity contribution in [3.63, 3.8) is 0 Å². The van der Waals surface area contributed by atoms with Gasteiger partial charge in [-0.2, -0.15) is 15.5 Å². The van der Waals surface area contributed by atoms with E-state index >= 15 is 0 Å². The number of nitrogen functional groups attached to an aromatic ring is 1. The highest BCUT2D eigenvalue weighted by Crippen LogP contribution is 2.47. The molecule has 5 aromatic rings. The fourth-order valence-corrected chi connectivity index (χ4v) is 9.09. The van der Waals surface area contributed by atoms with E-state index in [-0.39, 0.29) is 12.0 Å². The van der Waals surface area contributed by atoms with Crippen molar-refractivity contribution in [2.24, 2.45) is 0 Å². The van der Waals surface area contributed by atoms with Crippen LogP contribution in [0.5, 0.6) is 0 Å². The summed E-state index contributed by atoms with van der Waals surface area (Å²) >= 11 is 1.53. The largest absolute Gasteiger partial charge is 0.389 e. The van der Waals surface area contributed by atoms with Gasteiger partial charge in [-0.1, -0.05) is 18.5 Å². The van der Waals surface area contributed by atoms with Gasteiger partial charge in [-0.3, -0.25) is 5.10 Å². The lowest BCUT2D eigenvalue weighted by Gasteiger charge is -2.32. The van der Waals surface area contributed by atoms with Crippen LogP contribution in [0.4, 0.5) is 10.8 Å². The molecule has 14 heteroatoms. The van der Waals surface area contributed by atoms with Crippen LogP contribution >= 0.6 is 11.3 Å². The number of fused-ring (bicyclic) bond motifs is 3. The van der Waals surface area contributed by atoms with Gasteiger partial charge in [0.15, 0.2) is 17.2 Å². The molecule has 0 spiro atoms. The number of nitrogens with zero attached hydrogens (tertiary/aromatic N) is 9. The molecule has 5 aromatic heterocycles. The molecule has 1 saturated heterocycles. The van der Waals surface area contributed by atoms with Crippen LogP contribution in [0.15, 0.2) is 16.9 Å².